The predicted molar refractivity (Wildman–Crippen MR) is 166 cm³/mol. The van der Waals surface area contributed by atoms with E-state index in [9.17, 15) is 43.8 Å². The number of carbonyl (C=O) groups excluding carboxylic acids is 6. The number of aliphatic carboxylic acids is 1. The Morgan fingerprint density at radius 2 is 1.64 bits per heavy atom. The number of phenols is 1. The van der Waals surface area contributed by atoms with E-state index in [1.165, 1.54) is 17.0 Å². The van der Waals surface area contributed by atoms with Crippen LogP contribution in [0.5, 0.6) is 5.75 Å². The third kappa shape index (κ3) is 11.0. The summed E-state index contributed by atoms with van der Waals surface area (Å²) in [6.45, 7) is -0.534. The number of phenolic OH excluding ortho intramolecular Hbond substituents is 1. The Kier molecular flexibility index (Phi) is 14.8. The number of nitrogens with two attached hydrogens (primary N) is 2. The van der Waals surface area contributed by atoms with Crippen LogP contribution in [0.2, 0.25) is 0 Å². The van der Waals surface area contributed by atoms with Gasteiger partial charge in [0.1, 0.15) is 23.1 Å². The van der Waals surface area contributed by atoms with Crippen LogP contribution in [0.25, 0.3) is 0 Å². The fourth-order valence-electron chi connectivity index (χ4n) is 4.76. The smallest absolute Gasteiger partial charge is 0.318 e. The molecule has 1 aliphatic rings. The van der Waals surface area contributed by atoms with E-state index in [0.29, 0.717) is 12.0 Å². The van der Waals surface area contributed by atoms with Gasteiger partial charge in [0.2, 0.25) is 23.6 Å². The number of carbonyl (C=O) groups is 7. The number of nitrogens with one attached hydrogen (secondary N) is 2. The van der Waals surface area contributed by atoms with Gasteiger partial charge in [0.05, 0.1) is 18.7 Å². The summed E-state index contributed by atoms with van der Waals surface area (Å²) in [7, 11) is 0. The van der Waals surface area contributed by atoms with Gasteiger partial charge in [-0.2, -0.15) is 25.3 Å². The van der Waals surface area contributed by atoms with E-state index in [2.05, 4.69) is 35.9 Å². The van der Waals surface area contributed by atoms with Crippen LogP contribution in [0.3, 0.4) is 0 Å². The third-order valence-corrected chi connectivity index (χ3v) is 8.30. The van der Waals surface area contributed by atoms with Crippen molar-refractivity contribution in [2.75, 3.05) is 18.9 Å². The minimum Gasteiger partial charge on any atom is -0.508 e. The van der Waals surface area contributed by atoms with Gasteiger partial charge in [-0.1, -0.05) is 12.1 Å². The number of aliphatic hydroxyl groups is 1. The molecule has 1 aliphatic heterocycles. The summed E-state index contributed by atoms with van der Waals surface area (Å²) < 4.78 is 0. The molecular weight excluding hydrogens is 630 g/mol. The topological polar surface area (TPSA) is 260 Å². The van der Waals surface area contributed by atoms with Gasteiger partial charge in [0, 0.05) is 37.5 Å². The number of aliphatic hydroxyl groups excluding tert-OH is 1. The highest BCUT2D eigenvalue weighted by Crippen LogP contribution is 2.21. The SMILES string of the molecule is NC(=O)[C@H](CO)NC(=O)[C@@H](CC(=O)[C@H](CS)NC(=O)[C@@H]1CCCN1C(=O)CCC(=O)[C@@H](N)[C@@H](S)C(=O)O)Cc1ccc(O)cc1. The molecule has 1 aromatic carbocycles. The van der Waals surface area contributed by atoms with Crippen molar-refractivity contribution in [3.05, 3.63) is 29.8 Å². The first-order valence-corrected chi connectivity index (χ1v) is 15.3. The van der Waals surface area contributed by atoms with Crippen LogP contribution in [0, 0.1) is 5.92 Å². The number of benzene rings is 1. The Bertz CT molecular complexity index is 1260. The molecule has 9 N–H and O–H groups in total. The summed E-state index contributed by atoms with van der Waals surface area (Å²) in [5.74, 6) is -6.68. The lowest BCUT2D eigenvalue weighted by atomic mass is 9.91. The van der Waals surface area contributed by atoms with E-state index < -0.39 is 89.5 Å². The standard InChI is InChI=1S/C28H39N5O10S2/c29-23(24(45)28(42)43)20(36)7-8-22(38)33-9-1-2-19(33)27(41)32-18(13-44)21(37)11-15(10-14-3-5-16(35)6-4-14)26(40)31-17(12-34)25(30)39/h3-6,15,17-19,23-24,34-35,44-45H,1-2,7-13,29H2,(H2,30,39)(H,31,40)(H,32,41)(H,42,43)/t15-,17+,18+,19+,23-,24-/m1/s1. The number of aromatic hydroxyl groups is 1. The van der Waals surface area contributed by atoms with Crippen molar-refractivity contribution in [3.63, 3.8) is 0 Å². The molecule has 1 fully saturated rings. The summed E-state index contributed by atoms with van der Waals surface area (Å²) in [6.07, 6.45) is -0.264. The Balaban J connectivity index is 2.09. The molecule has 15 nitrogen and oxygen atoms in total. The zero-order chi connectivity index (χ0) is 33.8. The van der Waals surface area contributed by atoms with Gasteiger partial charge in [-0.25, -0.2) is 0 Å². The lowest BCUT2D eigenvalue weighted by molar-refractivity contribution is -0.140. The van der Waals surface area contributed by atoms with Gasteiger partial charge < -0.3 is 42.3 Å². The first-order chi connectivity index (χ1) is 21.2. The molecule has 1 heterocycles. The molecule has 1 saturated heterocycles. The van der Waals surface area contributed by atoms with Crippen molar-refractivity contribution < 1.29 is 48.9 Å². The highest BCUT2D eigenvalue weighted by molar-refractivity contribution is 7.81. The lowest BCUT2D eigenvalue weighted by Gasteiger charge is -2.27. The maximum Gasteiger partial charge on any atom is 0.318 e. The van der Waals surface area contributed by atoms with Crippen LogP contribution in [-0.2, 0) is 40.0 Å². The number of amides is 4. The average molecular weight is 670 g/mol. The number of carboxylic acids is 1. The van der Waals surface area contributed by atoms with Crippen LogP contribution in [0.15, 0.2) is 24.3 Å². The molecule has 0 radical (unpaired) electrons. The van der Waals surface area contributed by atoms with E-state index in [4.69, 9.17) is 16.6 Å². The van der Waals surface area contributed by atoms with Gasteiger partial charge in [-0.3, -0.25) is 33.6 Å². The maximum atomic E-state index is 13.3. The van der Waals surface area contributed by atoms with Crippen molar-refractivity contribution in [1.29, 1.82) is 0 Å². The number of thiol groups is 2. The summed E-state index contributed by atoms with van der Waals surface area (Å²) in [5.41, 5.74) is 11.4. The van der Waals surface area contributed by atoms with Crippen LogP contribution in [0.4, 0.5) is 0 Å². The maximum absolute atomic E-state index is 13.3. The molecule has 0 aromatic heterocycles. The quantitative estimate of drug-likeness (QED) is 0.0768. The molecule has 6 atom stereocenters. The summed E-state index contributed by atoms with van der Waals surface area (Å²) in [4.78, 5) is 88.6. The third-order valence-electron chi connectivity index (χ3n) is 7.39. The van der Waals surface area contributed by atoms with Crippen LogP contribution < -0.4 is 22.1 Å². The number of Topliss-reactive ketones (excluding diaryl/α,β-unsaturated/α-hetero) is 2. The average Bonchev–Trinajstić information content (AvgIpc) is 3.51. The zero-order valence-corrected chi connectivity index (χ0v) is 26.1. The van der Waals surface area contributed by atoms with E-state index in [1.807, 2.05) is 0 Å². The second kappa shape index (κ2) is 17.7. The van der Waals surface area contributed by atoms with E-state index in [1.54, 1.807) is 12.1 Å². The Morgan fingerprint density at radius 3 is 2.20 bits per heavy atom. The minimum atomic E-state index is -1.43. The number of primary amides is 1. The molecule has 45 heavy (non-hydrogen) atoms. The minimum absolute atomic E-state index is 0.00964. The van der Waals surface area contributed by atoms with Gasteiger partial charge in [0.15, 0.2) is 11.6 Å². The molecule has 0 spiro atoms. The van der Waals surface area contributed by atoms with Crippen molar-refractivity contribution >= 4 is 66.4 Å². The number of nitrogens with zero attached hydrogens (tertiary/aromatic N) is 1. The second-order valence-corrected chi connectivity index (χ2v) is 11.6. The highest BCUT2D eigenvalue weighted by Gasteiger charge is 2.37. The van der Waals surface area contributed by atoms with Crippen LogP contribution >= 0.6 is 25.3 Å². The number of ketones is 2. The first-order valence-electron chi connectivity index (χ1n) is 14.1. The largest absolute Gasteiger partial charge is 0.508 e. The summed E-state index contributed by atoms with van der Waals surface area (Å²) in [5, 5.41) is 31.4. The lowest BCUT2D eigenvalue weighted by Crippen LogP contribution is -2.52. The molecule has 0 bridgehead atoms. The van der Waals surface area contributed by atoms with Gasteiger partial charge in [-0.15, -0.1) is 0 Å². The molecule has 4 amide bonds. The Labute approximate surface area is 270 Å². The predicted octanol–water partition coefficient (Wildman–Crippen LogP) is -2.06. The summed E-state index contributed by atoms with van der Waals surface area (Å²) in [6, 6.07) is 0.999. The Hall–Kier alpha value is -3.67. The molecule has 17 heteroatoms. The molecule has 1 aromatic rings. The van der Waals surface area contributed by atoms with Crippen molar-refractivity contribution in [1.82, 2.24) is 15.5 Å². The van der Waals surface area contributed by atoms with Crippen molar-refractivity contribution in [3.8, 4) is 5.75 Å². The van der Waals surface area contributed by atoms with E-state index in [-0.39, 0.29) is 43.7 Å². The number of rotatable bonds is 18. The van der Waals surface area contributed by atoms with E-state index in [0.717, 1.165) is 0 Å². The van der Waals surface area contributed by atoms with Gasteiger partial charge in [-0.05, 0) is 37.0 Å². The summed E-state index contributed by atoms with van der Waals surface area (Å²) >= 11 is 7.98. The molecule has 248 valence electrons. The van der Waals surface area contributed by atoms with Crippen molar-refractivity contribution in [2.24, 2.45) is 17.4 Å². The number of likely N-dealkylation sites (tertiary alicyclic amines) is 1. The highest BCUT2D eigenvalue weighted by atomic mass is 32.1. The molecular formula is C28H39N5O10S2. The monoisotopic (exact) mass is 669 g/mol. The first kappa shape index (κ1) is 37.5. The van der Waals surface area contributed by atoms with E-state index >= 15 is 0 Å². The number of hydrogen-bond acceptors (Lipinski definition) is 12. The van der Waals surface area contributed by atoms with Crippen LogP contribution in [0.1, 0.15) is 37.7 Å². The van der Waals surface area contributed by atoms with Crippen LogP contribution in [-0.4, -0.2) is 110 Å². The molecule has 0 aliphatic carbocycles. The molecule has 0 unspecified atom stereocenters. The zero-order valence-electron chi connectivity index (χ0n) is 24.3. The fourth-order valence-corrected chi connectivity index (χ4v) is 5.22. The van der Waals surface area contributed by atoms with Gasteiger partial charge >= 0.3 is 5.97 Å². The van der Waals surface area contributed by atoms with Crippen molar-refractivity contribution in [2.45, 2.75) is 67.9 Å². The fraction of sp³-hybridized carbons (Fsp3) is 0.536. The molecule has 2 rings (SSSR count). The number of hydrogen-bond donors (Lipinski definition) is 9. The Morgan fingerprint density at radius 1 is 1.00 bits per heavy atom. The number of carboxylic acid groups (broad SMARTS) is 1. The second-order valence-electron chi connectivity index (χ2n) is 10.6. The molecule has 0 saturated carbocycles. The normalized spacial score (nSPS) is 17.8. The van der Waals surface area contributed by atoms with Gasteiger partial charge in [0.25, 0.3) is 0 Å².